The predicted molar refractivity (Wildman–Crippen MR) is 105 cm³/mol. The van der Waals surface area contributed by atoms with Crippen molar-refractivity contribution < 1.29 is 18.7 Å². The molecule has 156 valence electrons. The van der Waals surface area contributed by atoms with Gasteiger partial charge in [0.2, 0.25) is 0 Å². The van der Waals surface area contributed by atoms with Crippen molar-refractivity contribution >= 4 is 5.78 Å². The molecule has 0 radical (unpaired) electrons. The van der Waals surface area contributed by atoms with Crippen LogP contribution in [0.25, 0.3) is 0 Å². The van der Waals surface area contributed by atoms with Gasteiger partial charge in [-0.25, -0.2) is 4.39 Å². The molecule has 0 aromatic rings. The van der Waals surface area contributed by atoms with E-state index in [9.17, 15) is 4.79 Å². The minimum absolute atomic E-state index is 0.0726. The number of carbonyl (C=O) groups is 1. The third-order valence-corrected chi connectivity index (χ3v) is 9.22. The topological polar surface area (TPSA) is 35.5 Å². The lowest BCUT2D eigenvalue weighted by molar-refractivity contribution is -0.220. The highest BCUT2D eigenvalue weighted by Gasteiger charge is 2.63. The number of alkyl halides is 1. The smallest absolute Gasteiger partial charge is 0.157 e. The molecule has 4 fully saturated rings. The number of hydrogen-bond acceptors (Lipinski definition) is 3. The van der Waals surface area contributed by atoms with E-state index in [1.165, 1.54) is 12.0 Å². The van der Waals surface area contributed by atoms with Crippen LogP contribution >= 0.6 is 0 Å². The number of allylic oxidation sites excluding steroid dienone is 1. The summed E-state index contributed by atoms with van der Waals surface area (Å²) >= 11 is 0. The third-order valence-electron chi connectivity index (χ3n) is 9.22. The van der Waals surface area contributed by atoms with E-state index in [1.54, 1.807) is 0 Å². The van der Waals surface area contributed by atoms with E-state index in [2.05, 4.69) is 13.8 Å². The van der Waals surface area contributed by atoms with Crippen molar-refractivity contribution in [3.05, 3.63) is 11.6 Å². The average molecular weight is 391 g/mol. The van der Waals surface area contributed by atoms with Crippen molar-refractivity contribution in [2.75, 3.05) is 6.61 Å². The monoisotopic (exact) mass is 390 g/mol. The van der Waals surface area contributed by atoms with E-state index in [-0.39, 0.29) is 34.9 Å². The number of hydrogen-bond donors (Lipinski definition) is 0. The first-order valence-electron chi connectivity index (χ1n) is 11.6. The molecule has 4 heteroatoms. The second-order valence-corrected chi connectivity index (χ2v) is 10.6. The summed E-state index contributed by atoms with van der Waals surface area (Å²) in [5, 5.41) is 0. The van der Waals surface area contributed by atoms with Gasteiger partial charge in [0.25, 0.3) is 0 Å². The van der Waals surface area contributed by atoms with Crippen molar-refractivity contribution in [1.82, 2.24) is 0 Å². The molecule has 5 aliphatic rings. The van der Waals surface area contributed by atoms with Gasteiger partial charge in [-0.2, -0.15) is 0 Å². The van der Waals surface area contributed by atoms with E-state index < -0.39 is 6.17 Å². The van der Waals surface area contributed by atoms with E-state index in [4.69, 9.17) is 9.47 Å². The highest BCUT2D eigenvalue weighted by atomic mass is 19.1. The van der Waals surface area contributed by atoms with Gasteiger partial charge in [-0.15, -0.1) is 0 Å². The second kappa shape index (κ2) is 6.91. The van der Waals surface area contributed by atoms with Crippen molar-refractivity contribution in [2.45, 2.75) is 96.6 Å². The fourth-order valence-corrected chi connectivity index (χ4v) is 7.79. The summed E-state index contributed by atoms with van der Waals surface area (Å²) in [5.74, 6) is 1.27. The molecule has 1 aliphatic heterocycles. The lowest BCUT2D eigenvalue weighted by Gasteiger charge is -2.59. The van der Waals surface area contributed by atoms with E-state index >= 15 is 4.39 Å². The molecule has 4 aliphatic carbocycles. The van der Waals surface area contributed by atoms with E-state index in [0.29, 0.717) is 24.7 Å². The zero-order chi connectivity index (χ0) is 19.5. The van der Waals surface area contributed by atoms with Gasteiger partial charge in [-0.1, -0.05) is 19.4 Å². The Kier molecular flexibility index (Phi) is 4.74. The van der Waals surface area contributed by atoms with Gasteiger partial charge < -0.3 is 9.47 Å². The first-order chi connectivity index (χ1) is 13.4. The Hall–Kier alpha value is -0.740. The summed E-state index contributed by atoms with van der Waals surface area (Å²) in [7, 11) is 0. The molecule has 0 aromatic heterocycles. The Morgan fingerprint density at radius 2 is 2.00 bits per heavy atom. The molecule has 5 rings (SSSR count). The first-order valence-corrected chi connectivity index (χ1v) is 11.6. The molecule has 0 aromatic carbocycles. The Morgan fingerprint density at radius 3 is 2.79 bits per heavy atom. The maximum Gasteiger partial charge on any atom is 0.157 e. The number of halogens is 1. The van der Waals surface area contributed by atoms with Gasteiger partial charge >= 0.3 is 0 Å². The van der Waals surface area contributed by atoms with Gasteiger partial charge in [-0.05, 0) is 86.5 Å². The number of ether oxygens (including phenoxy) is 2. The van der Waals surface area contributed by atoms with Gasteiger partial charge in [0.1, 0.15) is 6.17 Å². The molecule has 0 amide bonds. The zero-order valence-corrected chi connectivity index (χ0v) is 17.4. The Bertz CT molecular complexity index is 669. The summed E-state index contributed by atoms with van der Waals surface area (Å²) in [6, 6.07) is 0. The lowest BCUT2D eigenvalue weighted by atomic mass is 9.47. The molecule has 0 N–H and O–H groups in total. The minimum Gasteiger partial charge on any atom is -0.353 e. The third kappa shape index (κ3) is 2.85. The molecule has 3 saturated carbocycles. The zero-order valence-electron chi connectivity index (χ0n) is 17.4. The van der Waals surface area contributed by atoms with Crippen LogP contribution in [0.15, 0.2) is 11.6 Å². The van der Waals surface area contributed by atoms with Gasteiger partial charge in [-0.3, -0.25) is 4.79 Å². The Labute approximate surface area is 168 Å². The summed E-state index contributed by atoms with van der Waals surface area (Å²) in [4.78, 5) is 12.0. The molecule has 0 spiro atoms. The van der Waals surface area contributed by atoms with Crippen LogP contribution in [0.1, 0.15) is 78.1 Å². The van der Waals surface area contributed by atoms with E-state index in [0.717, 1.165) is 51.6 Å². The van der Waals surface area contributed by atoms with Gasteiger partial charge in [0.15, 0.2) is 12.1 Å². The SMILES string of the molecule is C[C@]12C[C@H](F)[C@H]3[C@@H](CCC4=CC(=O)CC[C@@]43C)[C@@H]1CC[C@@H]2OC1CCCCO1. The molecule has 0 bridgehead atoms. The number of rotatable bonds is 2. The molecular formula is C24H35FO3. The average Bonchev–Trinajstić information content (AvgIpc) is 2.99. The van der Waals surface area contributed by atoms with Gasteiger partial charge in [0, 0.05) is 18.9 Å². The van der Waals surface area contributed by atoms with Crippen LogP contribution in [0.5, 0.6) is 0 Å². The van der Waals surface area contributed by atoms with E-state index in [1.807, 2.05) is 6.08 Å². The van der Waals surface area contributed by atoms with Crippen molar-refractivity contribution in [1.29, 1.82) is 0 Å². The first kappa shape index (κ1) is 19.2. The fraction of sp³-hybridized carbons (Fsp3) is 0.875. The Morgan fingerprint density at radius 1 is 1.14 bits per heavy atom. The standard InChI is InChI=1S/C24H35FO3/c1-23-11-10-16(26)13-15(23)6-7-17-18-8-9-20(28-21-5-3-4-12-27-21)24(18,2)14-19(25)22(17)23/h13,17-22H,3-12,14H2,1-2H3/t17-,18-,19-,20-,21?,22+,23-,24-/m0/s1. The number of fused-ring (bicyclic) bond motifs is 5. The molecular weight excluding hydrogens is 355 g/mol. The molecule has 1 heterocycles. The number of carbonyl (C=O) groups excluding carboxylic acids is 1. The summed E-state index contributed by atoms with van der Waals surface area (Å²) < 4.78 is 28.2. The van der Waals surface area contributed by atoms with Crippen LogP contribution in [0.4, 0.5) is 4.39 Å². The van der Waals surface area contributed by atoms with Crippen LogP contribution in [0.2, 0.25) is 0 Å². The molecule has 1 unspecified atom stereocenters. The van der Waals surface area contributed by atoms with Crippen molar-refractivity contribution in [3.8, 4) is 0 Å². The molecule has 3 nitrogen and oxygen atoms in total. The predicted octanol–water partition coefficient (Wildman–Crippen LogP) is 5.38. The maximum atomic E-state index is 15.9. The fourth-order valence-electron chi connectivity index (χ4n) is 7.79. The van der Waals surface area contributed by atoms with Gasteiger partial charge in [0.05, 0.1) is 6.10 Å². The van der Waals surface area contributed by atoms with Crippen molar-refractivity contribution in [2.24, 2.45) is 28.6 Å². The Balaban J connectivity index is 1.40. The normalized spacial score (nSPS) is 51.1. The minimum atomic E-state index is -0.801. The highest BCUT2D eigenvalue weighted by molar-refractivity contribution is 5.91. The largest absolute Gasteiger partial charge is 0.353 e. The van der Waals surface area contributed by atoms with Crippen LogP contribution in [-0.4, -0.2) is 31.0 Å². The van der Waals surface area contributed by atoms with Crippen LogP contribution < -0.4 is 0 Å². The number of ketones is 1. The quantitative estimate of drug-likeness (QED) is 0.635. The second-order valence-electron chi connectivity index (χ2n) is 10.6. The van der Waals surface area contributed by atoms with Crippen LogP contribution in [0, 0.1) is 28.6 Å². The lowest BCUT2D eigenvalue weighted by Crippen LogP contribution is -2.56. The maximum absolute atomic E-state index is 15.9. The van der Waals surface area contributed by atoms with Crippen LogP contribution in [0.3, 0.4) is 0 Å². The molecule has 8 atom stereocenters. The summed E-state index contributed by atoms with van der Waals surface area (Å²) in [6.45, 7) is 5.33. The molecule has 1 saturated heterocycles. The van der Waals surface area contributed by atoms with Crippen molar-refractivity contribution in [3.63, 3.8) is 0 Å². The molecule has 28 heavy (non-hydrogen) atoms. The summed E-state index contributed by atoms with van der Waals surface area (Å²) in [5.41, 5.74) is 1.03. The van der Waals surface area contributed by atoms with Crippen LogP contribution in [-0.2, 0) is 14.3 Å². The summed E-state index contributed by atoms with van der Waals surface area (Å²) in [6.07, 6.45) is 10.6. The highest BCUT2D eigenvalue weighted by Crippen LogP contribution is 2.66.